The first-order valence-corrected chi connectivity index (χ1v) is 7.15. The molecular weight excluding hydrogens is 244 g/mol. The van der Waals surface area contributed by atoms with Crippen molar-refractivity contribution in [2.75, 3.05) is 0 Å². The Kier molecular flexibility index (Phi) is 2.98. The first-order chi connectivity index (χ1) is 8.92. The van der Waals surface area contributed by atoms with E-state index in [1.807, 2.05) is 13.8 Å². The second-order valence-electron chi connectivity index (χ2n) is 6.44. The first-order valence-electron chi connectivity index (χ1n) is 7.15. The molecular formula is C15H22O4. The van der Waals surface area contributed by atoms with Crippen LogP contribution < -0.4 is 0 Å². The second-order valence-corrected chi connectivity index (χ2v) is 6.44. The molecule has 3 aliphatic rings. The molecule has 0 bridgehead atoms. The summed E-state index contributed by atoms with van der Waals surface area (Å²) >= 11 is 0. The average Bonchev–Trinajstić information content (AvgIpc) is 2.95. The highest BCUT2D eigenvalue weighted by Gasteiger charge is 2.62. The molecule has 1 aliphatic carbocycles. The van der Waals surface area contributed by atoms with Crippen molar-refractivity contribution in [1.29, 1.82) is 0 Å². The normalized spacial score (nSPS) is 52.5. The monoisotopic (exact) mass is 266 g/mol. The molecule has 0 aromatic carbocycles. The molecule has 2 aliphatic heterocycles. The van der Waals surface area contributed by atoms with Crippen LogP contribution in [0.25, 0.3) is 0 Å². The Morgan fingerprint density at radius 2 is 2.21 bits per heavy atom. The van der Waals surface area contributed by atoms with Gasteiger partial charge in [0.25, 0.3) is 0 Å². The third-order valence-electron chi connectivity index (χ3n) is 5.06. The van der Waals surface area contributed by atoms with Crippen LogP contribution in [-0.4, -0.2) is 35.0 Å². The zero-order valence-electron chi connectivity index (χ0n) is 11.8. The number of ether oxygens (including phenoxy) is 2. The molecule has 2 saturated heterocycles. The molecule has 4 heteroatoms. The van der Waals surface area contributed by atoms with Gasteiger partial charge >= 0.3 is 5.97 Å². The molecule has 0 aromatic heterocycles. The lowest BCUT2D eigenvalue weighted by atomic mass is 9.80. The molecule has 106 valence electrons. The Hall–Kier alpha value is -0.870. The summed E-state index contributed by atoms with van der Waals surface area (Å²) in [5, 5.41) is 10.2. The molecule has 0 amide bonds. The summed E-state index contributed by atoms with van der Waals surface area (Å²) < 4.78 is 11.3. The number of fused-ring (bicyclic) bond motifs is 3. The van der Waals surface area contributed by atoms with Gasteiger partial charge in [-0.25, -0.2) is 0 Å². The molecule has 6 atom stereocenters. The number of hydrogen-bond acceptors (Lipinski definition) is 4. The quantitative estimate of drug-likeness (QED) is 0.413. The third-order valence-corrected chi connectivity index (χ3v) is 5.06. The van der Waals surface area contributed by atoms with Gasteiger partial charge < -0.3 is 14.6 Å². The van der Waals surface area contributed by atoms with Gasteiger partial charge in [0.15, 0.2) is 0 Å². The van der Waals surface area contributed by atoms with Gasteiger partial charge in [0, 0.05) is 5.92 Å². The third kappa shape index (κ3) is 2.11. The van der Waals surface area contributed by atoms with E-state index in [0.29, 0.717) is 6.42 Å². The lowest BCUT2D eigenvalue weighted by molar-refractivity contribution is -0.144. The highest BCUT2D eigenvalue weighted by molar-refractivity contribution is 5.75. The van der Waals surface area contributed by atoms with E-state index < -0.39 is 6.10 Å². The molecule has 19 heavy (non-hydrogen) atoms. The van der Waals surface area contributed by atoms with E-state index >= 15 is 0 Å². The molecule has 0 saturated carbocycles. The van der Waals surface area contributed by atoms with Crippen molar-refractivity contribution in [2.24, 2.45) is 11.8 Å². The van der Waals surface area contributed by atoms with Crippen LogP contribution in [0.15, 0.2) is 11.6 Å². The average molecular weight is 266 g/mol. The number of aliphatic hydroxyl groups excluding tert-OH is 1. The van der Waals surface area contributed by atoms with Gasteiger partial charge in [0.05, 0.1) is 17.6 Å². The fourth-order valence-electron chi connectivity index (χ4n) is 3.45. The number of epoxide rings is 1. The standard InChI is InChI=1S/C15H22O4/c1-8-5-4-6-15(3)13(19-15)12-10(7-11(8)16)9(2)14(17)18-12/h5,9-13,16H,4,6-7H2,1-3H3/b8-5-. The van der Waals surface area contributed by atoms with Gasteiger partial charge in [-0.05, 0) is 38.7 Å². The fraction of sp³-hybridized carbons (Fsp3) is 0.800. The molecule has 3 rings (SSSR count). The van der Waals surface area contributed by atoms with Gasteiger partial charge in [0.2, 0.25) is 0 Å². The molecule has 0 spiro atoms. The number of allylic oxidation sites excluding steroid dienone is 1. The summed E-state index contributed by atoms with van der Waals surface area (Å²) in [6, 6.07) is 0. The SMILES string of the molecule is C/C1=C/CCC2(C)OC2C2OC(=O)C(C)C2CC1O. The van der Waals surface area contributed by atoms with Crippen molar-refractivity contribution >= 4 is 5.97 Å². The van der Waals surface area contributed by atoms with Crippen LogP contribution in [0.3, 0.4) is 0 Å². The minimum atomic E-state index is -0.479. The maximum Gasteiger partial charge on any atom is 0.309 e. The van der Waals surface area contributed by atoms with Crippen molar-refractivity contribution in [3.63, 3.8) is 0 Å². The van der Waals surface area contributed by atoms with E-state index in [4.69, 9.17) is 9.47 Å². The lowest BCUT2D eigenvalue weighted by Gasteiger charge is -2.23. The molecule has 1 N–H and O–H groups in total. The topological polar surface area (TPSA) is 59.1 Å². The Morgan fingerprint density at radius 3 is 2.95 bits per heavy atom. The Bertz CT molecular complexity index is 430. The van der Waals surface area contributed by atoms with Gasteiger partial charge in [-0.2, -0.15) is 0 Å². The van der Waals surface area contributed by atoms with Crippen molar-refractivity contribution in [3.05, 3.63) is 11.6 Å². The first kappa shape index (κ1) is 13.1. The van der Waals surface area contributed by atoms with Crippen LogP contribution in [0, 0.1) is 11.8 Å². The van der Waals surface area contributed by atoms with E-state index in [1.165, 1.54) is 0 Å². The summed E-state index contributed by atoms with van der Waals surface area (Å²) in [5.41, 5.74) is 0.833. The smallest absolute Gasteiger partial charge is 0.309 e. The molecule has 2 heterocycles. The van der Waals surface area contributed by atoms with Crippen LogP contribution in [0.5, 0.6) is 0 Å². The summed E-state index contributed by atoms with van der Waals surface area (Å²) in [6.45, 7) is 5.94. The zero-order chi connectivity index (χ0) is 13.8. The summed E-state index contributed by atoms with van der Waals surface area (Å²) in [6.07, 6.45) is 3.83. The van der Waals surface area contributed by atoms with E-state index in [1.54, 1.807) is 0 Å². The van der Waals surface area contributed by atoms with E-state index in [2.05, 4.69) is 13.0 Å². The van der Waals surface area contributed by atoms with Gasteiger partial charge in [0.1, 0.15) is 12.2 Å². The van der Waals surface area contributed by atoms with Crippen molar-refractivity contribution in [3.8, 4) is 0 Å². The maximum atomic E-state index is 11.8. The Morgan fingerprint density at radius 1 is 1.47 bits per heavy atom. The number of carbonyl (C=O) groups is 1. The minimum Gasteiger partial charge on any atom is -0.459 e. The van der Waals surface area contributed by atoms with Crippen LogP contribution >= 0.6 is 0 Å². The molecule has 4 nitrogen and oxygen atoms in total. The van der Waals surface area contributed by atoms with Crippen LogP contribution in [0.2, 0.25) is 0 Å². The number of carbonyl (C=O) groups excluding carboxylic acids is 1. The van der Waals surface area contributed by atoms with E-state index in [0.717, 1.165) is 18.4 Å². The van der Waals surface area contributed by atoms with Gasteiger partial charge in [-0.3, -0.25) is 4.79 Å². The molecule has 0 aromatic rings. The fourth-order valence-corrected chi connectivity index (χ4v) is 3.45. The van der Waals surface area contributed by atoms with Gasteiger partial charge in [-0.15, -0.1) is 0 Å². The number of aliphatic hydroxyl groups is 1. The van der Waals surface area contributed by atoms with Crippen LogP contribution in [-0.2, 0) is 14.3 Å². The lowest BCUT2D eigenvalue weighted by Crippen LogP contribution is -2.32. The van der Waals surface area contributed by atoms with Crippen molar-refractivity contribution in [1.82, 2.24) is 0 Å². The van der Waals surface area contributed by atoms with Crippen molar-refractivity contribution in [2.45, 2.75) is 63.9 Å². The number of rotatable bonds is 0. The number of esters is 1. The summed E-state index contributed by atoms with van der Waals surface area (Å²) in [7, 11) is 0. The second kappa shape index (κ2) is 4.32. The number of hydrogen-bond donors (Lipinski definition) is 1. The Labute approximate surface area is 113 Å². The molecule has 2 fully saturated rings. The Balaban J connectivity index is 1.89. The maximum absolute atomic E-state index is 11.8. The molecule has 6 unspecified atom stereocenters. The van der Waals surface area contributed by atoms with Crippen molar-refractivity contribution < 1.29 is 19.4 Å². The minimum absolute atomic E-state index is 0.00501. The highest BCUT2D eigenvalue weighted by atomic mass is 16.6. The largest absolute Gasteiger partial charge is 0.459 e. The summed E-state index contributed by atoms with van der Waals surface area (Å²) in [4.78, 5) is 11.8. The zero-order valence-corrected chi connectivity index (χ0v) is 11.8. The van der Waals surface area contributed by atoms with Crippen LogP contribution in [0.4, 0.5) is 0 Å². The van der Waals surface area contributed by atoms with E-state index in [9.17, 15) is 9.90 Å². The van der Waals surface area contributed by atoms with Gasteiger partial charge in [-0.1, -0.05) is 13.0 Å². The molecule has 0 radical (unpaired) electrons. The predicted molar refractivity (Wildman–Crippen MR) is 69.4 cm³/mol. The van der Waals surface area contributed by atoms with Crippen LogP contribution in [0.1, 0.15) is 40.0 Å². The highest BCUT2D eigenvalue weighted by Crippen LogP contribution is 2.50. The van der Waals surface area contributed by atoms with E-state index in [-0.39, 0.29) is 35.6 Å². The predicted octanol–water partition coefficient (Wildman–Crippen LogP) is 1.81. The summed E-state index contributed by atoms with van der Waals surface area (Å²) in [5.74, 6) is -0.253.